The van der Waals surface area contributed by atoms with Gasteiger partial charge in [-0.2, -0.15) is 0 Å². The zero-order valence-corrected chi connectivity index (χ0v) is 17.7. The lowest BCUT2D eigenvalue weighted by molar-refractivity contribution is 0.0664. The molecule has 0 radical (unpaired) electrons. The van der Waals surface area contributed by atoms with Crippen molar-refractivity contribution < 1.29 is 13.2 Å². The molecule has 1 amide bonds. The van der Waals surface area contributed by atoms with Crippen LogP contribution in [0.25, 0.3) is 10.8 Å². The Morgan fingerprint density at radius 2 is 1.57 bits per heavy atom. The molecule has 156 valence electrons. The van der Waals surface area contributed by atoms with Gasteiger partial charge < -0.3 is 9.80 Å². The minimum absolute atomic E-state index is 0.0198. The molecule has 7 heteroatoms. The minimum atomic E-state index is -3.63. The van der Waals surface area contributed by atoms with Gasteiger partial charge in [0, 0.05) is 38.3 Å². The number of carbonyl (C=O) groups excluding carboxylic acids is 1. The number of carbonyl (C=O) groups is 1. The van der Waals surface area contributed by atoms with Gasteiger partial charge in [-0.3, -0.25) is 4.79 Å². The van der Waals surface area contributed by atoms with Gasteiger partial charge in [0.15, 0.2) is 0 Å². The molecule has 1 N–H and O–H groups in total. The van der Waals surface area contributed by atoms with E-state index < -0.39 is 10.0 Å². The molecule has 0 unspecified atom stereocenters. The predicted molar refractivity (Wildman–Crippen MR) is 118 cm³/mol. The van der Waals surface area contributed by atoms with Crippen LogP contribution in [0.4, 0.5) is 0 Å². The number of hydrogen-bond acceptors (Lipinski definition) is 4. The number of fused-ring (bicyclic) bond motifs is 1. The van der Waals surface area contributed by atoms with Gasteiger partial charge in [-0.15, -0.1) is 0 Å². The molecular formula is C23H25N3O3S. The molecule has 4 rings (SSSR count). The number of sulfonamides is 1. The maximum atomic E-state index is 12.7. The summed E-state index contributed by atoms with van der Waals surface area (Å²) in [4.78, 5) is 16.9. The maximum absolute atomic E-state index is 12.7. The van der Waals surface area contributed by atoms with E-state index >= 15 is 0 Å². The Morgan fingerprint density at radius 3 is 2.27 bits per heavy atom. The highest BCUT2D eigenvalue weighted by atomic mass is 32.2. The fourth-order valence-corrected chi connectivity index (χ4v) is 4.61. The van der Waals surface area contributed by atoms with Gasteiger partial charge in [0.2, 0.25) is 10.0 Å². The number of hydrogen-bond donors (Lipinski definition) is 1. The molecule has 1 heterocycles. The molecule has 1 fully saturated rings. The van der Waals surface area contributed by atoms with Crippen LogP contribution in [0.15, 0.2) is 71.6 Å². The molecular weight excluding hydrogens is 398 g/mol. The topological polar surface area (TPSA) is 69.7 Å². The van der Waals surface area contributed by atoms with Crippen molar-refractivity contribution in [1.82, 2.24) is 14.5 Å². The van der Waals surface area contributed by atoms with Crippen LogP contribution in [0, 0.1) is 0 Å². The van der Waals surface area contributed by atoms with Crippen LogP contribution in [0.3, 0.4) is 0 Å². The third-order valence-electron chi connectivity index (χ3n) is 5.49. The largest absolute Gasteiger partial charge is 0.336 e. The summed E-state index contributed by atoms with van der Waals surface area (Å²) in [5, 5.41) is 1.88. The molecule has 3 aromatic carbocycles. The number of piperazine rings is 1. The third-order valence-corrected chi connectivity index (χ3v) is 6.89. The number of benzene rings is 3. The standard InChI is InChI=1S/C23H25N3O3S/c1-25-12-14-26(15-13-25)23(27)20-8-6-18(7-9-20)17-24-30(28,29)22-11-10-19-4-2-3-5-21(19)16-22/h2-11,16,24H,12-15,17H2,1H3. The Balaban J connectivity index is 1.41. The van der Waals surface area contributed by atoms with Crippen LogP contribution in [-0.2, 0) is 16.6 Å². The Bertz CT molecular complexity index is 1150. The summed E-state index contributed by atoms with van der Waals surface area (Å²) in [5.41, 5.74) is 1.43. The van der Waals surface area contributed by atoms with Gasteiger partial charge >= 0.3 is 0 Å². The van der Waals surface area contributed by atoms with Crippen LogP contribution in [0.2, 0.25) is 0 Å². The van der Waals surface area contributed by atoms with Crippen LogP contribution < -0.4 is 4.72 Å². The van der Waals surface area contributed by atoms with Gasteiger partial charge in [-0.1, -0.05) is 42.5 Å². The van der Waals surface area contributed by atoms with E-state index in [0.29, 0.717) is 5.56 Å². The first-order valence-corrected chi connectivity index (χ1v) is 11.5. The zero-order valence-electron chi connectivity index (χ0n) is 16.9. The summed E-state index contributed by atoms with van der Waals surface area (Å²) in [6.07, 6.45) is 0. The molecule has 0 aromatic heterocycles. The van der Waals surface area contributed by atoms with E-state index in [1.165, 1.54) is 0 Å². The highest BCUT2D eigenvalue weighted by molar-refractivity contribution is 7.89. The quantitative estimate of drug-likeness (QED) is 0.685. The van der Waals surface area contributed by atoms with Crippen molar-refractivity contribution in [2.45, 2.75) is 11.4 Å². The fraction of sp³-hybridized carbons (Fsp3) is 0.261. The van der Waals surface area contributed by atoms with E-state index in [1.807, 2.05) is 35.2 Å². The van der Waals surface area contributed by atoms with E-state index in [0.717, 1.165) is 42.5 Å². The van der Waals surface area contributed by atoms with Crippen molar-refractivity contribution in [2.24, 2.45) is 0 Å². The fourth-order valence-electron chi connectivity index (χ4n) is 3.55. The molecule has 1 aliphatic heterocycles. The predicted octanol–water partition coefficient (Wildman–Crippen LogP) is 2.71. The summed E-state index contributed by atoms with van der Waals surface area (Å²) in [5.74, 6) is 0.0198. The molecule has 0 saturated carbocycles. The third kappa shape index (κ3) is 4.53. The van der Waals surface area contributed by atoms with Gasteiger partial charge in [0.25, 0.3) is 5.91 Å². The monoisotopic (exact) mass is 423 g/mol. The highest BCUT2D eigenvalue weighted by Crippen LogP contribution is 2.19. The van der Waals surface area contributed by atoms with Crippen LogP contribution in [0.5, 0.6) is 0 Å². The summed E-state index contributed by atoms with van der Waals surface area (Å²) >= 11 is 0. The van der Waals surface area contributed by atoms with Crippen LogP contribution in [0.1, 0.15) is 15.9 Å². The van der Waals surface area contributed by atoms with Crippen LogP contribution in [-0.4, -0.2) is 57.4 Å². The Kier molecular flexibility index (Phi) is 5.85. The smallest absolute Gasteiger partial charge is 0.253 e. The summed E-state index contributed by atoms with van der Waals surface area (Å²) in [6.45, 7) is 3.37. The van der Waals surface area contributed by atoms with Gasteiger partial charge in [0.1, 0.15) is 0 Å². The number of rotatable bonds is 5. The Morgan fingerprint density at radius 1 is 0.900 bits per heavy atom. The lowest BCUT2D eigenvalue weighted by atomic mass is 10.1. The lowest BCUT2D eigenvalue weighted by Gasteiger charge is -2.32. The van der Waals surface area contributed by atoms with Crippen molar-refractivity contribution in [3.63, 3.8) is 0 Å². The normalized spacial score (nSPS) is 15.4. The van der Waals surface area contributed by atoms with E-state index in [9.17, 15) is 13.2 Å². The van der Waals surface area contributed by atoms with Crippen molar-refractivity contribution in [1.29, 1.82) is 0 Å². The molecule has 3 aromatic rings. The van der Waals surface area contributed by atoms with E-state index in [4.69, 9.17) is 0 Å². The molecule has 6 nitrogen and oxygen atoms in total. The number of nitrogens with zero attached hydrogens (tertiary/aromatic N) is 2. The molecule has 0 spiro atoms. The van der Waals surface area contributed by atoms with Crippen molar-refractivity contribution >= 4 is 26.7 Å². The van der Waals surface area contributed by atoms with E-state index in [2.05, 4.69) is 16.7 Å². The van der Waals surface area contributed by atoms with E-state index in [-0.39, 0.29) is 17.3 Å². The number of nitrogens with one attached hydrogen (secondary N) is 1. The second-order valence-electron chi connectivity index (χ2n) is 7.63. The molecule has 1 saturated heterocycles. The number of amides is 1. The summed E-state index contributed by atoms with van der Waals surface area (Å²) in [6, 6.07) is 19.9. The summed E-state index contributed by atoms with van der Waals surface area (Å²) in [7, 11) is -1.58. The van der Waals surface area contributed by atoms with Crippen LogP contribution >= 0.6 is 0 Å². The van der Waals surface area contributed by atoms with Gasteiger partial charge in [0.05, 0.1) is 4.90 Å². The molecule has 0 atom stereocenters. The molecule has 0 aliphatic carbocycles. The second-order valence-corrected chi connectivity index (χ2v) is 9.39. The average Bonchev–Trinajstić information content (AvgIpc) is 2.78. The van der Waals surface area contributed by atoms with Gasteiger partial charge in [-0.25, -0.2) is 13.1 Å². The highest BCUT2D eigenvalue weighted by Gasteiger charge is 2.20. The first kappa shape index (κ1) is 20.5. The summed E-state index contributed by atoms with van der Waals surface area (Å²) < 4.78 is 28.0. The lowest BCUT2D eigenvalue weighted by Crippen LogP contribution is -2.47. The van der Waals surface area contributed by atoms with Crippen molar-refractivity contribution in [3.8, 4) is 0 Å². The number of likely N-dealkylation sites (N-methyl/N-ethyl adjacent to an activating group) is 1. The SMILES string of the molecule is CN1CCN(C(=O)c2ccc(CNS(=O)(=O)c3ccc4ccccc4c3)cc2)CC1. The second kappa shape index (κ2) is 8.55. The molecule has 30 heavy (non-hydrogen) atoms. The molecule has 1 aliphatic rings. The first-order valence-electron chi connectivity index (χ1n) is 9.98. The average molecular weight is 424 g/mol. The molecule has 0 bridgehead atoms. The van der Waals surface area contributed by atoms with E-state index in [1.54, 1.807) is 36.4 Å². The Hall–Kier alpha value is -2.74. The van der Waals surface area contributed by atoms with Gasteiger partial charge in [-0.05, 0) is 47.6 Å². The van der Waals surface area contributed by atoms with Crippen molar-refractivity contribution in [2.75, 3.05) is 33.2 Å². The van der Waals surface area contributed by atoms with Crippen molar-refractivity contribution in [3.05, 3.63) is 77.9 Å². The minimum Gasteiger partial charge on any atom is -0.336 e. The first-order chi connectivity index (χ1) is 14.4. The Labute approximate surface area is 177 Å². The zero-order chi connectivity index (χ0) is 21.1. The maximum Gasteiger partial charge on any atom is 0.253 e.